The van der Waals surface area contributed by atoms with Crippen molar-refractivity contribution in [2.45, 2.75) is 53.5 Å². The highest BCUT2D eigenvalue weighted by Crippen LogP contribution is 2.28. The fraction of sp³-hybridized carbons (Fsp3) is 0.556. The molecule has 0 spiro atoms. The minimum Gasteiger partial charge on any atom is -0.369 e. The van der Waals surface area contributed by atoms with Crippen LogP contribution in [0.2, 0.25) is 0 Å². The van der Waals surface area contributed by atoms with Crippen LogP contribution in [0.1, 0.15) is 57.5 Å². The first-order chi connectivity index (χ1) is 12.1. The van der Waals surface area contributed by atoms with Gasteiger partial charge in [0.15, 0.2) is 11.6 Å². The van der Waals surface area contributed by atoms with Crippen LogP contribution in [-0.4, -0.2) is 38.7 Å². The van der Waals surface area contributed by atoms with Gasteiger partial charge in [-0.05, 0) is 46.2 Å². The summed E-state index contributed by atoms with van der Waals surface area (Å²) in [7, 11) is 0. The van der Waals surface area contributed by atoms with Crippen molar-refractivity contribution in [1.82, 2.24) is 19.9 Å². The Morgan fingerprint density at radius 2 is 1.88 bits per heavy atom. The maximum Gasteiger partial charge on any atom is 0.182 e. The van der Waals surface area contributed by atoms with Crippen LogP contribution in [0.5, 0.6) is 0 Å². The van der Waals surface area contributed by atoms with Gasteiger partial charge in [-0.15, -0.1) is 10.2 Å². The van der Waals surface area contributed by atoms with Crippen molar-refractivity contribution in [2.75, 3.05) is 23.3 Å². The van der Waals surface area contributed by atoms with Gasteiger partial charge in [-0.25, -0.2) is 4.98 Å². The number of pyridine rings is 1. The van der Waals surface area contributed by atoms with Gasteiger partial charge in [0.1, 0.15) is 11.9 Å². The molecule has 0 bridgehead atoms. The van der Waals surface area contributed by atoms with E-state index in [9.17, 15) is 0 Å². The molecule has 0 fully saturated rings. The summed E-state index contributed by atoms with van der Waals surface area (Å²) in [6.07, 6.45) is 1.91. The molecule has 1 N–H and O–H groups in total. The monoisotopic (exact) mass is 341 g/mol. The van der Waals surface area contributed by atoms with Gasteiger partial charge in [0.2, 0.25) is 0 Å². The number of rotatable bonds is 7. The lowest BCUT2D eigenvalue weighted by Crippen LogP contribution is -2.23. The summed E-state index contributed by atoms with van der Waals surface area (Å²) in [5, 5.41) is 16.8. The number of hydrogen-bond acceptors (Lipinski definition) is 6. The molecule has 2 aromatic rings. The van der Waals surface area contributed by atoms with Crippen LogP contribution in [0.4, 0.5) is 11.5 Å². The zero-order valence-electron chi connectivity index (χ0n) is 15.7. The molecule has 3 heterocycles. The number of anilines is 2. The largest absolute Gasteiger partial charge is 0.369 e. The van der Waals surface area contributed by atoms with Crippen molar-refractivity contribution in [3.8, 4) is 0 Å². The van der Waals surface area contributed by atoms with E-state index >= 15 is 0 Å². The second-order valence-corrected chi connectivity index (χ2v) is 6.33. The van der Waals surface area contributed by atoms with Gasteiger partial charge in [0, 0.05) is 19.5 Å². The molecular weight excluding hydrogens is 314 g/mol. The molecule has 0 aliphatic carbocycles. The zero-order valence-corrected chi connectivity index (χ0v) is 15.7. The van der Waals surface area contributed by atoms with E-state index in [0.717, 1.165) is 60.5 Å². The van der Waals surface area contributed by atoms with Gasteiger partial charge >= 0.3 is 0 Å². The highest BCUT2D eigenvalue weighted by atomic mass is 15.5. The second kappa shape index (κ2) is 7.21. The van der Waals surface area contributed by atoms with Crippen molar-refractivity contribution in [3.63, 3.8) is 0 Å². The molecule has 1 unspecified atom stereocenters. The molecule has 3 rings (SSSR count). The number of aromatic nitrogens is 4. The third kappa shape index (κ3) is 3.23. The smallest absolute Gasteiger partial charge is 0.182 e. The van der Waals surface area contributed by atoms with E-state index in [2.05, 4.69) is 58.4 Å². The minimum absolute atomic E-state index is 0.0575. The predicted molar refractivity (Wildman–Crippen MR) is 101 cm³/mol. The Balaban J connectivity index is 1.83. The summed E-state index contributed by atoms with van der Waals surface area (Å²) in [5.41, 5.74) is 2.97. The van der Waals surface area contributed by atoms with E-state index < -0.39 is 0 Å². The Morgan fingerprint density at radius 3 is 2.52 bits per heavy atom. The topological polar surface area (TPSA) is 71.2 Å². The number of hydrogen-bond donors (Lipinski definition) is 1. The van der Waals surface area contributed by atoms with Gasteiger partial charge < -0.3 is 10.2 Å². The molecule has 2 aromatic heterocycles. The fourth-order valence-corrected chi connectivity index (χ4v) is 3.15. The summed E-state index contributed by atoms with van der Waals surface area (Å²) in [6.45, 7) is 12.4. The van der Waals surface area contributed by atoms with Gasteiger partial charge in [0.05, 0.1) is 17.1 Å². The Kier molecular flexibility index (Phi) is 5.01. The molecule has 0 radical (unpaired) electrons. The summed E-state index contributed by atoms with van der Waals surface area (Å²) in [6, 6.07) is 4.10. The van der Waals surface area contributed by atoms with E-state index in [4.69, 9.17) is 4.98 Å². The highest BCUT2D eigenvalue weighted by Gasteiger charge is 2.29. The van der Waals surface area contributed by atoms with Crippen LogP contribution in [0, 0.1) is 6.92 Å². The SMILES string of the molecule is CCCc1nnc2n1N=C(C)C2Nc1ccc(N(CC)CC)nc1C. The molecule has 1 aliphatic heterocycles. The molecule has 7 nitrogen and oxygen atoms in total. The van der Waals surface area contributed by atoms with E-state index in [-0.39, 0.29) is 6.04 Å². The lowest BCUT2D eigenvalue weighted by atomic mass is 10.1. The van der Waals surface area contributed by atoms with Crippen molar-refractivity contribution in [1.29, 1.82) is 0 Å². The Labute approximate surface area is 149 Å². The Hall–Kier alpha value is -2.44. The third-order valence-electron chi connectivity index (χ3n) is 4.60. The normalized spacial score (nSPS) is 15.9. The van der Waals surface area contributed by atoms with Crippen LogP contribution >= 0.6 is 0 Å². The average molecular weight is 341 g/mol. The number of nitrogens with one attached hydrogen (secondary N) is 1. The minimum atomic E-state index is -0.0575. The van der Waals surface area contributed by atoms with Crippen LogP contribution in [0.15, 0.2) is 17.2 Å². The van der Waals surface area contributed by atoms with E-state index in [1.165, 1.54) is 0 Å². The summed E-state index contributed by atoms with van der Waals surface area (Å²) in [5.74, 6) is 2.79. The first kappa shape index (κ1) is 17.4. The standard InChI is InChI=1S/C18H27N7/c1-6-9-16-21-22-18-17(13(5)23-25(16)18)20-14-10-11-15(19-12(14)4)24(7-2)8-3/h10-11,17,20H,6-9H2,1-5H3. The molecule has 134 valence electrons. The van der Waals surface area contributed by atoms with Crippen molar-refractivity contribution in [3.05, 3.63) is 29.5 Å². The number of nitrogens with zero attached hydrogens (tertiary/aromatic N) is 6. The molecule has 7 heteroatoms. The van der Waals surface area contributed by atoms with E-state index in [1.807, 2.05) is 18.5 Å². The first-order valence-corrected chi connectivity index (χ1v) is 9.07. The van der Waals surface area contributed by atoms with Gasteiger partial charge in [-0.3, -0.25) is 0 Å². The quantitative estimate of drug-likeness (QED) is 0.837. The number of fused-ring (bicyclic) bond motifs is 1. The molecular formula is C18H27N7. The first-order valence-electron chi connectivity index (χ1n) is 9.07. The second-order valence-electron chi connectivity index (χ2n) is 6.33. The van der Waals surface area contributed by atoms with Crippen LogP contribution in [0.25, 0.3) is 0 Å². The van der Waals surface area contributed by atoms with Crippen molar-refractivity contribution in [2.24, 2.45) is 5.10 Å². The molecule has 0 amide bonds. The average Bonchev–Trinajstić information content (AvgIpc) is 3.11. The molecule has 0 saturated heterocycles. The fourth-order valence-electron chi connectivity index (χ4n) is 3.15. The lowest BCUT2D eigenvalue weighted by Gasteiger charge is -2.22. The van der Waals surface area contributed by atoms with Crippen molar-refractivity contribution >= 4 is 17.2 Å². The van der Waals surface area contributed by atoms with Gasteiger partial charge in [0.25, 0.3) is 0 Å². The van der Waals surface area contributed by atoms with Crippen LogP contribution in [0.3, 0.4) is 0 Å². The Bertz CT molecular complexity index is 774. The molecule has 1 atom stereocenters. The van der Waals surface area contributed by atoms with Crippen molar-refractivity contribution < 1.29 is 0 Å². The lowest BCUT2D eigenvalue weighted by molar-refractivity contribution is 0.736. The van der Waals surface area contributed by atoms with E-state index in [1.54, 1.807) is 0 Å². The molecule has 0 saturated carbocycles. The van der Waals surface area contributed by atoms with Crippen LogP contribution < -0.4 is 10.2 Å². The number of aryl methyl sites for hydroxylation is 2. The maximum atomic E-state index is 4.75. The molecule has 0 aromatic carbocycles. The Morgan fingerprint density at radius 1 is 1.12 bits per heavy atom. The zero-order chi connectivity index (χ0) is 18.0. The molecule has 25 heavy (non-hydrogen) atoms. The van der Waals surface area contributed by atoms with E-state index in [0.29, 0.717) is 0 Å². The van der Waals surface area contributed by atoms with Crippen LogP contribution in [-0.2, 0) is 6.42 Å². The van der Waals surface area contributed by atoms with Gasteiger partial charge in [-0.2, -0.15) is 9.78 Å². The summed E-state index contributed by atoms with van der Waals surface area (Å²) in [4.78, 5) is 7.00. The summed E-state index contributed by atoms with van der Waals surface area (Å²) < 4.78 is 1.88. The summed E-state index contributed by atoms with van der Waals surface area (Å²) >= 11 is 0. The van der Waals surface area contributed by atoms with Gasteiger partial charge in [-0.1, -0.05) is 6.92 Å². The predicted octanol–water partition coefficient (Wildman–Crippen LogP) is 3.17. The third-order valence-corrected chi connectivity index (χ3v) is 4.60. The maximum absolute atomic E-state index is 4.75. The highest BCUT2D eigenvalue weighted by molar-refractivity contribution is 5.91. The molecule has 1 aliphatic rings.